The van der Waals surface area contributed by atoms with Crippen LogP contribution in [0.15, 0.2) is 30.6 Å². The monoisotopic (exact) mass is 572 g/mol. The molecule has 4 heterocycles. The highest BCUT2D eigenvalue weighted by atomic mass is 32.2. The summed E-state index contributed by atoms with van der Waals surface area (Å²) in [7, 11) is -1.05. The van der Waals surface area contributed by atoms with Crippen molar-refractivity contribution in [1.82, 2.24) is 19.3 Å². The maximum atomic E-state index is 12.6. The first-order valence-corrected chi connectivity index (χ1v) is 16.1. The van der Waals surface area contributed by atoms with Crippen LogP contribution in [0.4, 0.5) is 11.6 Å². The lowest BCUT2D eigenvalue weighted by Crippen LogP contribution is -2.47. The summed E-state index contributed by atoms with van der Waals surface area (Å²) < 4.78 is 22.1. The number of anilines is 2. The Balaban J connectivity index is 1.12. The number of aliphatic hydroxyl groups is 1. The van der Waals surface area contributed by atoms with Crippen molar-refractivity contribution in [3.8, 4) is 5.19 Å². The van der Waals surface area contributed by atoms with E-state index in [1.165, 1.54) is 5.56 Å². The number of ether oxygens (including phenoxy) is 1. The first-order chi connectivity index (χ1) is 18.8. The van der Waals surface area contributed by atoms with Crippen molar-refractivity contribution in [2.45, 2.75) is 64.6 Å². The number of aryl methyl sites for hydroxylation is 1. The number of benzene rings is 1. The number of fused-ring (bicyclic) bond motifs is 1. The quantitative estimate of drug-likeness (QED) is 0.389. The van der Waals surface area contributed by atoms with E-state index in [-0.39, 0.29) is 6.10 Å². The smallest absolute Gasteiger partial charge is 0.274 e. The van der Waals surface area contributed by atoms with Crippen molar-refractivity contribution >= 4 is 44.2 Å². The van der Waals surface area contributed by atoms with E-state index in [0.29, 0.717) is 12.2 Å². The van der Waals surface area contributed by atoms with Crippen LogP contribution >= 0.6 is 11.3 Å². The van der Waals surface area contributed by atoms with Gasteiger partial charge in [0.15, 0.2) is 0 Å². The average Bonchev–Trinajstić information content (AvgIpc) is 3.34. The molecule has 5 rings (SSSR count). The molecule has 2 aromatic heterocycles. The van der Waals surface area contributed by atoms with Crippen LogP contribution < -0.4 is 14.5 Å². The molecule has 2 saturated heterocycles. The molecule has 2 aliphatic heterocycles. The fraction of sp³-hybridized carbons (Fsp3) is 0.607. The van der Waals surface area contributed by atoms with Crippen LogP contribution in [0.5, 0.6) is 5.19 Å². The van der Waals surface area contributed by atoms with Gasteiger partial charge in [0, 0.05) is 75.9 Å². The number of nitrogens with zero attached hydrogens (tertiary/aromatic N) is 6. The van der Waals surface area contributed by atoms with Crippen LogP contribution in [0.1, 0.15) is 52.0 Å². The second-order valence-corrected chi connectivity index (χ2v) is 13.6. The first kappa shape index (κ1) is 28.2. The Morgan fingerprint density at radius 3 is 2.46 bits per heavy atom. The number of piperidine rings is 1. The summed E-state index contributed by atoms with van der Waals surface area (Å²) in [6.45, 7) is 10.6. The van der Waals surface area contributed by atoms with Crippen LogP contribution in [-0.2, 0) is 17.4 Å². The van der Waals surface area contributed by atoms with Gasteiger partial charge in [0.1, 0.15) is 6.10 Å². The van der Waals surface area contributed by atoms with Gasteiger partial charge in [-0.2, -0.15) is 0 Å². The molecule has 0 amide bonds. The van der Waals surface area contributed by atoms with Gasteiger partial charge in [0.05, 0.1) is 26.8 Å². The molecule has 1 unspecified atom stereocenters. The van der Waals surface area contributed by atoms with E-state index in [4.69, 9.17) is 9.72 Å². The van der Waals surface area contributed by atoms with E-state index in [2.05, 4.69) is 44.9 Å². The lowest BCUT2D eigenvalue weighted by atomic mass is 10.1. The number of hydrogen-bond acceptors (Lipinski definition) is 9. The zero-order valence-electron chi connectivity index (χ0n) is 23.2. The zero-order valence-corrected chi connectivity index (χ0v) is 24.8. The zero-order chi connectivity index (χ0) is 27.4. The Bertz CT molecular complexity index is 1250. The third kappa shape index (κ3) is 7.45. The summed E-state index contributed by atoms with van der Waals surface area (Å²) in [4.78, 5) is 18.5. The van der Waals surface area contributed by atoms with Gasteiger partial charge >= 0.3 is 0 Å². The van der Waals surface area contributed by atoms with Gasteiger partial charge in [-0.3, -0.25) is 0 Å². The van der Waals surface area contributed by atoms with E-state index in [0.717, 1.165) is 92.0 Å². The van der Waals surface area contributed by atoms with Crippen molar-refractivity contribution in [2.24, 2.45) is 0 Å². The normalized spacial score (nSPS) is 18.6. The molecule has 1 aromatic carbocycles. The van der Waals surface area contributed by atoms with Gasteiger partial charge < -0.3 is 19.6 Å². The average molecular weight is 573 g/mol. The molecule has 0 spiro atoms. The van der Waals surface area contributed by atoms with Crippen molar-refractivity contribution < 1.29 is 14.1 Å². The van der Waals surface area contributed by atoms with Gasteiger partial charge in [-0.1, -0.05) is 24.7 Å². The van der Waals surface area contributed by atoms with Crippen molar-refractivity contribution in [3.63, 3.8) is 0 Å². The van der Waals surface area contributed by atoms with Crippen LogP contribution in [0.25, 0.3) is 10.2 Å². The Labute approximate surface area is 237 Å². The second kappa shape index (κ2) is 12.4. The number of thiazole rings is 1. The molecule has 212 valence electrons. The molecule has 1 atom stereocenters. The topological polar surface area (TPSA) is 94.9 Å². The largest absolute Gasteiger partial charge is 0.467 e. The number of rotatable bonds is 10. The SMILES string of the molecule is CCCc1cnc(N2CCC(Oc3nc4ccc(N5CCN(S(=O)CCC(C)(C)O)CC5)cc4s3)CC2)nc1. The maximum absolute atomic E-state index is 12.6. The Morgan fingerprint density at radius 1 is 1.08 bits per heavy atom. The molecule has 11 heteroatoms. The Kier molecular flexibility index (Phi) is 9.00. The van der Waals surface area contributed by atoms with Crippen LogP contribution in [0.3, 0.4) is 0 Å². The Morgan fingerprint density at radius 2 is 1.79 bits per heavy atom. The second-order valence-electron chi connectivity index (χ2n) is 11.1. The minimum atomic E-state index is -1.05. The molecular weight excluding hydrogens is 532 g/mol. The highest BCUT2D eigenvalue weighted by Crippen LogP contribution is 2.33. The van der Waals surface area contributed by atoms with Crippen LogP contribution in [-0.4, -0.2) is 85.3 Å². The molecule has 2 aliphatic rings. The molecule has 0 saturated carbocycles. The summed E-state index contributed by atoms with van der Waals surface area (Å²) in [5, 5.41) is 10.7. The number of piperazine rings is 1. The van der Waals surface area contributed by atoms with Crippen molar-refractivity contribution in [3.05, 3.63) is 36.2 Å². The standard InChI is InChI=1S/C28H40N6O3S2/c1-4-5-21-19-29-26(30-20-21)33-11-8-23(9-12-33)37-27-31-24-7-6-22(18-25(24)38-27)32-13-15-34(16-14-32)39(36)17-10-28(2,3)35/h6-7,18-20,23,35H,4-5,8-17H2,1-3H3. The van der Waals surface area contributed by atoms with Gasteiger partial charge in [-0.15, -0.1) is 0 Å². The minimum Gasteiger partial charge on any atom is -0.467 e. The summed E-state index contributed by atoms with van der Waals surface area (Å²) in [5.74, 6) is 1.31. The van der Waals surface area contributed by atoms with E-state index < -0.39 is 16.6 Å². The van der Waals surface area contributed by atoms with Gasteiger partial charge in [0.2, 0.25) is 5.95 Å². The molecule has 3 aromatic rings. The van der Waals surface area contributed by atoms with E-state index >= 15 is 0 Å². The highest BCUT2D eigenvalue weighted by molar-refractivity contribution is 7.82. The van der Waals surface area contributed by atoms with Crippen molar-refractivity contribution in [1.29, 1.82) is 0 Å². The molecule has 39 heavy (non-hydrogen) atoms. The summed E-state index contributed by atoms with van der Waals surface area (Å²) in [6, 6.07) is 6.39. The predicted octanol–water partition coefficient (Wildman–Crippen LogP) is 4.03. The lowest BCUT2D eigenvalue weighted by molar-refractivity contribution is 0.0772. The fourth-order valence-corrected chi connectivity index (χ4v) is 7.42. The number of hydrogen-bond donors (Lipinski definition) is 1. The van der Waals surface area contributed by atoms with Crippen LogP contribution in [0.2, 0.25) is 0 Å². The highest BCUT2D eigenvalue weighted by Gasteiger charge is 2.25. The van der Waals surface area contributed by atoms with Gasteiger partial charge in [-0.05, 0) is 50.5 Å². The fourth-order valence-electron chi connectivity index (χ4n) is 5.00. The molecule has 0 radical (unpaired) electrons. The van der Waals surface area contributed by atoms with Gasteiger partial charge in [-0.25, -0.2) is 23.5 Å². The third-order valence-corrected chi connectivity index (χ3v) is 9.76. The summed E-state index contributed by atoms with van der Waals surface area (Å²) in [5.41, 5.74) is 2.54. The number of aromatic nitrogens is 3. The maximum Gasteiger partial charge on any atom is 0.274 e. The molecular formula is C28H40N6O3S2. The van der Waals surface area contributed by atoms with Crippen LogP contribution in [0, 0.1) is 0 Å². The third-order valence-electron chi connectivity index (χ3n) is 7.36. The Hall–Kier alpha value is -2.34. The van der Waals surface area contributed by atoms with E-state index in [1.54, 1.807) is 25.2 Å². The molecule has 0 bridgehead atoms. The van der Waals surface area contributed by atoms with Crippen molar-refractivity contribution in [2.75, 3.05) is 54.8 Å². The first-order valence-electron chi connectivity index (χ1n) is 14.0. The molecule has 2 fully saturated rings. The summed E-state index contributed by atoms with van der Waals surface area (Å²) in [6.07, 6.45) is 8.53. The predicted molar refractivity (Wildman–Crippen MR) is 159 cm³/mol. The van der Waals surface area contributed by atoms with E-state index in [9.17, 15) is 9.32 Å². The molecule has 1 N–H and O–H groups in total. The van der Waals surface area contributed by atoms with E-state index in [1.807, 2.05) is 16.7 Å². The summed E-state index contributed by atoms with van der Waals surface area (Å²) >= 11 is 1.61. The lowest BCUT2D eigenvalue weighted by Gasteiger charge is -2.35. The molecule has 9 nitrogen and oxygen atoms in total. The van der Waals surface area contributed by atoms with Gasteiger partial charge in [0.25, 0.3) is 5.19 Å². The minimum absolute atomic E-state index is 0.144. The molecule has 0 aliphatic carbocycles.